The number of aryl methyl sites for hydroxylation is 1. The van der Waals surface area contributed by atoms with Crippen LogP contribution in [-0.2, 0) is 6.54 Å². The molecule has 0 fully saturated rings. The number of hydrogen-bond acceptors (Lipinski definition) is 2. The van der Waals surface area contributed by atoms with Crippen molar-refractivity contribution in [3.05, 3.63) is 71.5 Å². The molecule has 0 radical (unpaired) electrons. The molecule has 1 aromatic carbocycles. The Labute approximate surface area is 119 Å². The molecule has 3 nitrogen and oxygen atoms in total. The van der Waals surface area contributed by atoms with Crippen molar-refractivity contribution in [3.63, 3.8) is 0 Å². The highest BCUT2D eigenvalue weighted by Gasteiger charge is 2.07. The fraction of sp³-hybridized carbons (Fsp3) is 0.235. The molecule has 0 aliphatic heterocycles. The summed E-state index contributed by atoms with van der Waals surface area (Å²) >= 11 is 0. The van der Waals surface area contributed by atoms with Crippen LogP contribution >= 0.6 is 0 Å². The van der Waals surface area contributed by atoms with Gasteiger partial charge in [-0.1, -0.05) is 35.9 Å². The second-order valence-corrected chi connectivity index (χ2v) is 5.21. The third-order valence-corrected chi connectivity index (χ3v) is 3.68. The van der Waals surface area contributed by atoms with E-state index < -0.39 is 0 Å². The van der Waals surface area contributed by atoms with Crippen LogP contribution < -0.4 is 5.32 Å². The zero-order valence-electron chi connectivity index (χ0n) is 11.9. The van der Waals surface area contributed by atoms with Gasteiger partial charge in [-0.3, -0.25) is 0 Å². The number of nitrogens with zero attached hydrogens (tertiary/aromatic N) is 2. The van der Waals surface area contributed by atoms with Crippen LogP contribution in [-0.4, -0.2) is 9.61 Å². The molecule has 0 aliphatic carbocycles. The zero-order valence-corrected chi connectivity index (χ0v) is 11.9. The molecular formula is C17H19N3. The minimum atomic E-state index is 0.328. The molecule has 1 N–H and O–H groups in total. The first-order chi connectivity index (χ1) is 9.74. The summed E-state index contributed by atoms with van der Waals surface area (Å²) in [6.45, 7) is 5.12. The Kier molecular flexibility index (Phi) is 3.52. The summed E-state index contributed by atoms with van der Waals surface area (Å²) in [5.74, 6) is 0. The summed E-state index contributed by atoms with van der Waals surface area (Å²) < 4.78 is 1.91. The van der Waals surface area contributed by atoms with Gasteiger partial charge >= 0.3 is 0 Å². The van der Waals surface area contributed by atoms with Gasteiger partial charge in [-0.05, 0) is 31.5 Å². The molecule has 1 unspecified atom stereocenters. The van der Waals surface area contributed by atoms with Crippen molar-refractivity contribution in [2.45, 2.75) is 26.4 Å². The number of fused-ring (bicyclic) bond motifs is 1. The highest BCUT2D eigenvalue weighted by molar-refractivity contribution is 5.53. The van der Waals surface area contributed by atoms with Gasteiger partial charge in [-0.25, -0.2) is 4.52 Å². The number of rotatable bonds is 4. The molecule has 3 rings (SSSR count). The number of aromatic nitrogens is 2. The van der Waals surface area contributed by atoms with Crippen LogP contribution in [0.4, 0.5) is 0 Å². The zero-order chi connectivity index (χ0) is 13.9. The normalized spacial score (nSPS) is 12.7. The number of nitrogens with one attached hydrogen (secondary N) is 1. The lowest BCUT2D eigenvalue weighted by Gasteiger charge is -2.14. The van der Waals surface area contributed by atoms with E-state index in [1.807, 2.05) is 29.0 Å². The summed E-state index contributed by atoms with van der Waals surface area (Å²) in [5.41, 5.74) is 5.00. The van der Waals surface area contributed by atoms with Crippen LogP contribution in [0, 0.1) is 6.92 Å². The van der Waals surface area contributed by atoms with Gasteiger partial charge in [0.15, 0.2) is 0 Å². The monoisotopic (exact) mass is 265 g/mol. The number of hydrogen-bond donors (Lipinski definition) is 1. The largest absolute Gasteiger partial charge is 0.306 e. The van der Waals surface area contributed by atoms with Crippen molar-refractivity contribution in [1.29, 1.82) is 0 Å². The van der Waals surface area contributed by atoms with Gasteiger partial charge < -0.3 is 5.32 Å². The van der Waals surface area contributed by atoms with Crippen molar-refractivity contribution < 1.29 is 0 Å². The van der Waals surface area contributed by atoms with E-state index in [2.05, 4.69) is 54.6 Å². The van der Waals surface area contributed by atoms with Gasteiger partial charge in [-0.2, -0.15) is 5.10 Å². The van der Waals surface area contributed by atoms with Crippen LogP contribution in [0.5, 0.6) is 0 Å². The maximum atomic E-state index is 4.36. The summed E-state index contributed by atoms with van der Waals surface area (Å²) in [4.78, 5) is 0. The summed E-state index contributed by atoms with van der Waals surface area (Å²) in [6, 6.07) is 15.1. The standard InChI is InChI=1S/C17H19N3/c1-13-6-8-15(9-7-13)14(2)18-11-16-12-19-20-10-4-3-5-17(16)20/h3-10,12,14,18H,11H2,1-2H3. The van der Waals surface area contributed by atoms with Crippen LogP contribution in [0.25, 0.3) is 5.52 Å². The Morgan fingerprint density at radius 2 is 1.95 bits per heavy atom. The first kappa shape index (κ1) is 12.9. The molecule has 1 atom stereocenters. The smallest absolute Gasteiger partial charge is 0.0706 e. The molecule has 3 aromatic rings. The average molecular weight is 265 g/mol. The molecule has 2 heterocycles. The highest BCUT2D eigenvalue weighted by atomic mass is 15.2. The lowest BCUT2D eigenvalue weighted by molar-refractivity contribution is 0.576. The lowest BCUT2D eigenvalue weighted by Crippen LogP contribution is -2.17. The van der Waals surface area contributed by atoms with E-state index >= 15 is 0 Å². The molecule has 3 heteroatoms. The van der Waals surface area contributed by atoms with Crippen LogP contribution in [0.2, 0.25) is 0 Å². The topological polar surface area (TPSA) is 29.3 Å². The van der Waals surface area contributed by atoms with Crippen LogP contribution in [0.3, 0.4) is 0 Å². The minimum absolute atomic E-state index is 0.328. The summed E-state index contributed by atoms with van der Waals surface area (Å²) in [7, 11) is 0. The predicted octanol–water partition coefficient (Wildman–Crippen LogP) is 3.49. The van der Waals surface area contributed by atoms with E-state index in [-0.39, 0.29) is 0 Å². The van der Waals surface area contributed by atoms with Crippen molar-refractivity contribution in [1.82, 2.24) is 14.9 Å². The quantitative estimate of drug-likeness (QED) is 0.782. The maximum Gasteiger partial charge on any atom is 0.0706 e. The molecule has 0 aliphatic rings. The van der Waals surface area contributed by atoms with Crippen molar-refractivity contribution in [2.75, 3.05) is 0 Å². The van der Waals surface area contributed by atoms with Crippen LogP contribution in [0.15, 0.2) is 54.9 Å². The van der Waals surface area contributed by atoms with Gasteiger partial charge in [-0.15, -0.1) is 0 Å². The lowest BCUT2D eigenvalue weighted by atomic mass is 10.1. The molecule has 2 aromatic heterocycles. The fourth-order valence-electron chi connectivity index (χ4n) is 2.36. The molecule has 0 amide bonds. The van der Waals surface area contributed by atoms with Crippen molar-refractivity contribution in [2.24, 2.45) is 0 Å². The Morgan fingerprint density at radius 1 is 1.15 bits per heavy atom. The molecule has 0 spiro atoms. The fourth-order valence-corrected chi connectivity index (χ4v) is 2.36. The molecular weight excluding hydrogens is 246 g/mol. The second kappa shape index (κ2) is 5.47. The second-order valence-electron chi connectivity index (χ2n) is 5.21. The maximum absolute atomic E-state index is 4.36. The molecule has 20 heavy (non-hydrogen) atoms. The van der Waals surface area contributed by atoms with E-state index in [4.69, 9.17) is 0 Å². The first-order valence-electron chi connectivity index (χ1n) is 6.95. The first-order valence-corrected chi connectivity index (χ1v) is 6.95. The van der Waals surface area contributed by atoms with Gasteiger partial charge in [0.1, 0.15) is 0 Å². The van der Waals surface area contributed by atoms with Gasteiger partial charge in [0, 0.05) is 24.3 Å². The molecule has 0 bridgehead atoms. The van der Waals surface area contributed by atoms with Gasteiger partial charge in [0.05, 0.1) is 11.7 Å². The summed E-state index contributed by atoms with van der Waals surface area (Å²) in [6.07, 6.45) is 3.91. The van der Waals surface area contributed by atoms with Crippen molar-refractivity contribution in [3.8, 4) is 0 Å². The van der Waals surface area contributed by atoms with Crippen molar-refractivity contribution >= 4 is 5.52 Å². The van der Waals surface area contributed by atoms with E-state index in [1.54, 1.807) is 0 Å². The molecule has 0 saturated carbocycles. The van der Waals surface area contributed by atoms with Gasteiger partial charge in [0.25, 0.3) is 0 Å². The Morgan fingerprint density at radius 3 is 2.75 bits per heavy atom. The Balaban J connectivity index is 1.71. The van der Waals surface area contributed by atoms with Crippen LogP contribution in [0.1, 0.15) is 29.7 Å². The van der Waals surface area contributed by atoms with E-state index in [0.717, 1.165) is 12.1 Å². The SMILES string of the molecule is Cc1ccc(C(C)NCc2cnn3ccccc23)cc1. The van der Waals surface area contributed by atoms with E-state index in [1.165, 1.54) is 16.7 Å². The Bertz CT molecular complexity index is 698. The van der Waals surface area contributed by atoms with E-state index in [0.29, 0.717) is 6.04 Å². The minimum Gasteiger partial charge on any atom is -0.306 e. The molecule has 102 valence electrons. The third-order valence-electron chi connectivity index (χ3n) is 3.68. The highest BCUT2D eigenvalue weighted by Crippen LogP contribution is 2.15. The number of pyridine rings is 1. The average Bonchev–Trinajstić information content (AvgIpc) is 2.89. The third kappa shape index (κ3) is 2.58. The predicted molar refractivity (Wildman–Crippen MR) is 81.6 cm³/mol. The summed E-state index contributed by atoms with van der Waals surface area (Å²) in [5, 5.41) is 7.92. The molecule has 0 saturated heterocycles. The van der Waals surface area contributed by atoms with Gasteiger partial charge in [0.2, 0.25) is 0 Å². The Hall–Kier alpha value is -2.13. The number of benzene rings is 1. The van der Waals surface area contributed by atoms with E-state index in [9.17, 15) is 0 Å².